The first-order valence-electron chi connectivity index (χ1n) is 6.17. The van der Waals surface area contributed by atoms with Gasteiger partial charge in [0.15, 0.2) is 0 Å². The van der Waals surface area contributed by atoms with Crippen LogP contribution in [0, 0.1) is 13.8 Å². The maximum Gasteiger partial charge on any atom is 0.0232 e. The Morgan fingerprint density at radius 3 is 2.50 bits per heavy atom. The third-order valence-electron chi connectivity index (χ3n) is 2.92. The summed E-state index contributed by atoms with van der Waals surface area (Å²) in [5.74, 6) is 0.998. The lowest BCUT2D eigenvalue weighted by Crippen LogP contribution is -1.98. The molecule has 0 bridgehead atoms. The molecule has 94 valence electrons. The molecular formula is C16H19NS. The molecule has 0 spiro atoms. The van der Waals surface area contributed by atoms with Crippen LogP contribution in [0.15, 0.2) is 47.4 Å². The van der Waals surface area contributed by atoms with Gasteiger partial charge in [-0.05, 0) is 36.6 Å². The summed E-state index contributed by atoms with van der Waals surface area (Å²) < 4.78 is 0. The van der Waals surface area contributed by atoms with E-state index in [1.807, 2.05) is 11.8 Å². The molecule has 2 aromatic carbocycles. The standard InChI is InChI=1S/C16H19NS/c1-12-4-3-5-14(8-12)11-18-16-9-13(2)6-7-15(16)10-17/h3-9H,10-11,17H2,1-2H3. The quantitative estimate of drug-likeness (QED) is 0.836. The van der Waals surface area contributed by atoms with Gasteiger partial charge in [-0.3, -0.25) is 0 Å². The van der Waals surface area contributed by atoms with Crippen molar-refractivity contribution < 1.29 is 0 Å². The number of nitrogens with two attached hydrogens (primary N) is 1. The topological polar surface area (TPSA) is 26.0 Å². The Labute approximate surface area is 113 Å². The molecule has 0 aliphatic carbocycles. The van der Waals surface area contributed by atoms with Gasteiger partial charge in [-0.25, -0.2) is 0 Å². The summed E-state index contributed by atoms with van der Waals surface area (Å²) in [5.41, 5.74) is 11.0. The largest absolute Gasteiger partial charge is 0.326 e. The van der Waals surface area contributed by atoms with Gasteiger partial charge in [0, 0.05) is 17.2 Å². The van der Waals surface area contributed by atoms with Crippen molar-refractivity contribution in [1.29, 1.82) is 0 Å². The number of aryl methyl sites for hydroxylation is 2. The Morgan fingerprint density at radius 2 is 1.78 bits per heavy atom. The lowest BCUT2D eigenvalue weighted by molar-refractivity contribution is 1.02. The maximum absolute atomic E-state index is 5.78. The molecule has 2 aromatic rings. The number of thioether (sulfide) groups is 1. The number of rotatable bonds is 4. The lowest BCUT2D eigenvalue weighted by atomic mass is 10.1. The highest BCUT2D eigenvalue weighted by atomic mass is 32.2. The first-order valence-corrected chi connectivity index (χ1v) is 7.15. The molecule has 0 atom stereocenters. The van der Waals surface area contributed by atoms with Gasteiger partial charge in [0.2, 0.25) is 0 Å². The highest BCUT2D eigenvalue weighted by Crippen LogP contribution is 2.27. The summed E-state index contributed by atoms with van der Waals surface area (Å²) in [6.45, 7) is 4.86. The normalized spacial score (nSPS) is 10.6. The van der Waals surface area contributed by atoms with E-state index in [0.29, 0.717) is 6.54 Å². The molecule has 0 aliphatic rings. The number of hydrogen-bond donors (Lipinski definition) is 1. The van der Waals surface area contributed by atoms with Crippen LogP contribution < -0.4 is 5.73 Å². The van der Waals surface area contributed by atoms with E-state index in [9.17, 15) is 0 Å². The van der Waals surface area contributed by atoms with Gasteiger partial charge >= 0.3 is 0 Å². The van der Waals surface area contributed by atoms with Gasteiger partial charge in [0.25, 0.3) is 0 Å². The minimum absolute atomic E-state index is 0.608. The molecule has 0 unspecified atom stereocenters. The Balaban J connectivity index is 2.12. The first-order chi connectivity index (χ1) is 8.69. The lowest BCUT2D eigenvalue weighted by Gasteiger charge is -2.09. The fraction of sp³-hybridized carbons (Fsp3) is 0.250. The SMILES string of the molecule is Cc1cccc(CSc2cc(C)ccc2CN)c1. The first kappa shape index (κ1) is 13.2. The van der Waals surface area contributed by atoms with E-state index in [0.717, 1.165) is 5.75 Å². The monoisotopic (exact) mass is 257 g/mol. The van der Waals surface area contributed by atoms with E-state index in [1.165, 1.54) is 27.1 Å². The van der Waals surface area contributed by atoms with Gasteiger partial charge < -0.3 is 5.73 Å². The third kappa shape index (κ3) is 3.37. The van der Waals surface area contributed by atoms with E-state index < -0.39 is 0 Å². The fourth-order valence-electron chi connectivity index (χ4n) is 1.93. The Hall–Kier alpha value is -1.25. The van der Waals surface area contributed by atoms with E-state index in [-0.39, 0.29) is 0 Å². The van der Waals surface area contributed by atoms with E-state index >= 15 is 0 Å². The predicted octanol–water partition coefficient (Wildman–Crippen LogP) is 4.05. The molecule has 2 heteroatoms. The van der Waals surface area contributed by atoms with Crippen LogP contribution in [0.3, 0.4) is 0 Å². The third-order valence-corrected chi connectivity index (χ3v) is 4.09. The van der Waals surface area contributed by atoms with Crippen molar-refractivity contribution in [2.75, 3.05) is 0 Å². The average molecular weight is 257 g/mol. The van der Waals surface area contributed by atoms with Crippen molar-refractivity contribution in [3.05, 3.63) is 64.7 Å². The second-order valence-corrected chi connectivity index (χ2v) is 5.61. The summed E-state index contributed by atoms with van der Waals surface area (Å²) >= 11 is 1.87. The van der Waals surface area contributed by atoms with Crippen LogP contribution in [0.5, 0.6) is 0 Å². The highest BCUT2D eigenvalue weighted by molar-refractivity contribution is 7.98. The van der Waals surface area contributed by atoms with E-state index in [4.69, 9.17) is 5.73 Å². The Morgan fingerprint density at radius 1 is 1.00 bits per heavy atom. The molecule has 0 amide bonds. The average Bonchev–Trinajstić information content (AvgIpc) is 2.37. The van der Waals surface area contributed by atoms with Gasteiger partial charge in [-0.1, -0.05) is 42.0 Å². The van der Waals surface area contributed by atoms with Crippen LogP contribution in [0.4, 0.5) is 0 Å². The van der Waals surface area contributed by atoms with Crippen LogP contribution in [-0.2, 0) is 12.3 Å². The fourth-order valence-corrected chi connectivity index (χ4v) is 3.04. The van der Waals surface area contributed by atoms with E-state index in [2.05, 4.69) is 56.3 Å². The molecule has 2 rings (SSSR count). The smallest absolute Gasteiger partial charge is 0.0232 e. The second kappa shape index (κ2) is 6.07. The molecule has 0 saturated heterocycles. The van der Waals surface area contributed by atoms with Crippen molar-refractivity contribution >= 4 is 11.8 Å². The molecular weight excluding hydrogens is 238 g/mol. The van der Waals surface area contributed by atoms with Gasteiger partial charge in [0.1, 0.15) is 0 Å². The van der Waals surface area contributed by atoms with Crippen LogP contribution in [0.25, 0.3) is 0 Å². The van der Waals surface area contributed by atoms with Crippen molar-refractivity contribution in [3.8, 4) is 0 Å². The van der Waals surface area contributed by atoms with Crippen molar-refractivity contribution in [1.82, 2.24) is 0 Å². The van der Waals surface area contributed by atoms with Crippen LogP contribution in [-0.4, -0.2) is 0 Å². The molecule has 0 aliphatic heterocycles. The minimum atomic E-state index is 0.608. The van der Waals surface area contributed by atoms with Crippen molar-refractivity contribution in [3.63, 3.8) is 0 Å². The second-order valence-electron chi connectivity index (χ2n) is 4.59. The van der Waals surface area contributed by atoms with Crippen LogP contribution in [0.1, 0.15) is 22.3 Å². The summed E-state index contributed by atoms with van der Waals surface area (Å²) in [5, 5.41) is 0. The minimum Gasteiger partial charge on any atom is -0.326 e. The maximum atomic E-state index is 5.78. The van der Waals surface area contributed by atoms with Gasteiger partial charge in [0.05, 0.1) is 0 Å². The van der Waals surface area contributed by atoms with Crippen molar-refractivity contribution in [2.24, 2.45) is 5.73 Å². The zero-order valence-electron chi connectivity index (χ0n) is 10.9. The van der Waals surface area contributed by atoms with Crippen LogP contribution in [0.2, 0.25) is 0 Å². The zero-order chi connectivity index (χ0) is 13.0. The van der Waals surface area contributed by atoms with E-state index in [1.54, 1.807) is 0 Å². The molecule has 1 nitrogen and oxygen atoms in total. The summed E-state index contributed by atoms with van der Waals surface area (Å²) in [4.78, 5) is 1.30. The summed E-state index contributed by atoms with van der Waals surface area (Å²) in [7, 11) is 0. The molecule has 0 heterocycles. The van der Waals surface area contributed by atoms with Gasteiger partial charge in [-0.2, -0.15) is 0 Å². The number of hydrogen-bond acceptors (Lipinski definition) is 2. The molecule has 0 fully saturated rings. The molecule has 2 N–H and O–H groups in total. The summed E-state index contributed by atoms with van der Waals surface area (Å²) in [6.07, 6.45) is 0. The molecule has 0 saturated carbocycles. The van der Waals surface area contributed by atoms with Crippen LogP contribution >= 0.6 is 11.8 Å². The molecule has 0 radical (unpaired) electrons. The Bertz CT molecular complexity index is 534. The van der Waals surface area contributed by atoms with Crippen molar-refractivity contribution in [2.45, 2.75) is 31.0 Å². The highest BCUT2D eigenvalue weighted by Gasteiger charge is 2.03. The van der Waals surface area contributed by atoms with Gasteiger partial charge in [-0.15, -0.1) is 11.8 Å². The molecule has 18 heavy (non-hydrogen) atoms. The summed E-state index contributed by atoms with van der Waals surface area (Å²) in [6, 6.07) is 15.1. The zero-order valence-corrected chi connectivity index (χ0v) is 11.8. The number of benzene rings is 2. The molecule has 0 aromatic heterocycles. The predicted molar refractivity (Wildman–Crippen MR) is 79.8 cm³/mol. The Kier molecular flexibility index (Phi) is 4.45.